The van der Waals surface area contributed by atoms with E-state index in [2.05, 4.69) is 17.8 Å². The summed E-state index contributed by atoms with van der Waals surface area (Å²) >= 11 is 0. The van der Waals surface area contributed by atoms with Crippen molar-refractivity contribution in [2.45, 2.75) is 13.0 Å². The predicted molar refractivity (Wildman–Crippen MR) is 84.2 cm³/mol. The monoisotopic (exact) mass is 298 g/mol. The fourth-order valence-corrected chi connectivity index (χ4v) is 1.49. The maximum absolute atomic E-state index is 11.1. The van der Waals surface area contributed by atoms with Gasteiger partial charge in [-0.05, 0) is 36.3 Å². The predicted octanol–water partition coefficient (Wildman–Crippen LogP) is 2.18. The van der Waals surface area contributed by atoms with Gasteiger partial charge in [-0.1, -0.05) is 17.9 Å². The van der Waals surface area contributed by atoms with Gasteiger partial charge in [0.2, 0.25) is 0 Å². The molecule has 0 N–H and O–H groups in total. The molecule has 0 saturated heterocycles. The van der Waals surface area contributed by atoms with E-state index in [4.69, 9.17) is 20.6 Å². The summed E-state index contributed by atoms with van der Waals surface area (Å²) in [4.78, 5) is 11.1. The Balaban J connectivity index is 2.69. The number of esters is 1. The molecule has 1 atom stereocenters. The largest absolute Gasteiger partial charge is 0.497 e. The van der Waals surface area contributed by atoms with E-state index in [9.17, 15) is 4.79 Å². The number of carbonyl (C=O) groups excluding carboxylic acids is 1. The first-order valence-electron chi connectivity index (χ1n) is 6.66. The van der Waals surface area contributed by atoms with Crippen molar-refractivity contribution >= 4 is 5.97 Å². The second-order valence-corrected chi connectivity index (χ2v) is 4.18. The Morgan fingerprint density at radius 2 is 2.09 bits per heavy atom. The number of hydrogen-bond acceptors (Lipinski definition) is 4. The number of carbonyl (C=O) groups is 1. The summed E-state index contributed by atoms with van der Waals surface area (Å²) in [6.07, 6.45) is 7.82. The van der Waals surface area contributed by atoms with Gasteiger partial charge in [0.25, 0.3) is 0 Å². The molecule has 22 heavy (non-hydrogen) atoms. The highest BCUT2D eigenvalue weighted by atomic mass is 16.5. The van der Waals surface area contributed by atoms with Crippen LogP contribution in [0, 0.1) is 24.2 Å². The highest BCUT2D eigenvalue weighted by Crippen LogP contribution is 2.10. The van der Waals surface area contributed by atoms with Gasteiger partial charge in [0.15, 0.2) is 6.10 Å². The molecule has 0 amide bonds. The van der Waals surface area contributed by atoms with Gasteiger partial charge in [0.1, 0.15) is 12.4 Å². The van der Waals surface area contributed by atoms with Crippen LogP contribution in [-0.2, 0) is 14.3 Å². The fraction of sp³-hybridized carbons (Fsp3) is 0.278. The van der Waals surface area contributed by atoms with E-state index in [0.717, 1.165) is 11.3 Å². The van der Waals surface area contributed by atoms with Crippen molar-refractivity contribution in [1.29, 1.82) is 0 Å². The third-order valence-electron chi connectivity index (χ3n) is 2.45. The number of rotatable bonds is 6. The molecule has 0 radical (unpaired) electrons. The number of hydrogen-bond donors (Lipinski definition) is 0. The van der Waals surface area contributed by atoms with Gasteiger partial charge in [-0.2, -0.15) is 0 Å². The Kier molecular flexibility index (Phi) is 7.97. The molecule has 0 fully saturated rings. The molecule has 0 aliphatic heterocycles. The Hall–Kier alpha value is -2.69. The van der Waals surface area contributed by atoms with Crippen molar-refractivity contribution in [2.75, 3.05) is 20.3 Å². The van der Waals surface area contributed by atoms with Crippen LogP contribution in [0.2, 0.25) is 0 Å². The van der Waals surface area contributed by atoms with Crippen LogP contribution < -0.4 is 4.74 Å². The zero-order chi connectivity index (χ0) is 16.2. The Morgan fingerprint density at radius 1 is 1.36 bits per heavy atom. The van der Waals surface area contributed by atoms with Crippen LogP contribution in [-0.4, -0.2) is 32.4 Å². The molecule has 0 heterocycles. The molecule has 0 aromatic heterocycles. The molecule has 4 nitrogen and oxygen atoms in total. The van der Waals surface area contributed by atoms with Crippen LogP contribution in [0.3, 0.4) is 0 Å². The first-order valence-corrected chi connectivity index (χ1v) is 6.66. The summed E-state index contributed by atoms with van der Waals surface area (Å²) in [7, 11) is 1.60. The third-order valence-corrected chi connectivity index (χ3v) is 2.45. The van der Waals surface area contributed by atoms with Gasteiger partial charge in [0, 0.05) is 12.5 Å². The Morgan fingerprint density at radius 3 is 2.68 bits per heavy atom. The number of methoxy groups -OCH3 is 1. The lowest BCUT2D eigenvalue weighted by Gasteiger charge is -2.05. The first kappa shape index (κ1) is 17.4. The van der Waals surface area contributed by atoms with Gasteiger partial charge >= 0.3 is 5.97 Å². The molecular formula is C18H18O4. The normalized spacial score (nSPS) is 11.1. The maximum Gasteiger partial charge on any atom is 0.304 e. The molecular weight excluding hydrogens is 280 g/mol. The fourth-order valence-electron chi connectivity index (χ4n) is 1.49. The summed E-state index contributed by atoms with van der Waals surface area (Å²) < 4.78 is 15.3. The molecule has 114 valence electrons. The highest BCUT2D eigenvalue weighted by molar-refractivity contribution is 5.66. The smallest absolute Gasteiger partial charge is 0.304 e. The lowest BCUT2D eigenvalue weighted by molar-refractivity contribution is -0.142. The van der Waals surface area contributed by atoms with Crippen LogP contribution in [0.25, 0.3) is 0 Å². The molecule has 1 aromatic rings. The topological polar surface area (TPSA) is 44.8 Å². The van der Waals surface area contributed by atoms with Crippen LogP contribution in [0.4, 0.5) is 0 Å². The second kappa shape index (κ2) is 10.1. The van der Waals surface area contributed by atoms with Crippen molar-refractivity contribution in [3.63, 3.8) is 0 Å². The van der Waals surface area contributed by atoms with Gasteiger partial charge in [-0.3, -0.25) is 4.79 Å². The summed E-state index contributed by atoms with van der Waals surface area (Å²) in [5.74, 6) is 8.55. The van der Waals surface area contributed by atoms with Crippen molar-refractivity contribution < 1.29 is 19.0 Å². The summed E-state index contributed by atoms with van der Waals surface area (Å²) in [6, 6.07) is 7.29. The molecule has 0 spiro atoms. The van der Waals surface area contributed by atoms with Gasteiger partial charge in [0.05, 0.1) is 13.7 Å². The first-order chi connectivity index (χ1) is 10.7. The van der Waals surface area contributed by atoms with Crippen molar-refractivity contribution in [1.82, 2.24) is 0 Å². The van der Waals surface area contributed by atoms with Crippen molar-refractivity contribution in [3.8, 4) is 29.9 Å². The zero-order valence-electron chi connectivity index (χ0n) is 12.7. The maximum atomic E-state index is 11.1. The number of benzene rings is 1. The lowest BCUT2D eigenvalue weighted by Crippen LogP contribution is -2.11. The van der Waals surface area contributed by atoms with Crippen molar-refractivity contribution in [3.05, 3.63) is 42.0 Å². The molecule has 0 bridgehead atoms. The van der Waals surface area contributed by atoms with Gasteiger partial charge < -0.3 is 14.2 Å². The van der Waals surface area contributed by atoms with Crippen LogP contribution in [0.1, 0.15) is 12.5 Å². The Bertz CT molecular complexity index is 597. The summed E-state index contributed by atoms with van der Waals surface area (Å²) in [5, 5.41) is 0. The SMILES string of the molecule is C#CCOC/C=C/C(C#Cc1ccc(OC)cc1)OC(C)=O. The minimum absolute atomic E-state index is 0.236. The second-order valence-electron chi connectivity index (χ2n) is 4.18. The van der Waals surface area contributed by atoms with Crippen molar-refractivity contribution in [2.24, 2.45) is 0 Å². The average molecular weight is 298 g/mol. The van der Waals surface area contributed by atoms with E-state index in [1.54, 1.807) is 19.3 Å². The highest BCUT2D eigenvalue weighted by Gasteiger charge is 2.03. The molecule has 1 unspecified atom stereocenters. The van der Waals surface area contributed by atoms with Gasteiger partial charge in [-0.15, -0.1) is 6.42 Å². The summed E-state index contributed by atoms with van der Waals surface area (Å²) in [6.45, 7) is 1.91. The third kappa shape index (κ3) is 7.19. The molecule has 0 saturated carbocycles. The molecule has 1 rings (SSSR count). The standard InChI is InChI=1S/C18H18O4/c1-4-13-21-14-5-6-18(22-15(2)19)12-9-16-7-10-17(20-3)11-8-16/h1,5-8,10-11,18H,13-14H2,2-3H3/b6-5+. The van der Waals surface area contributed by atoms with Crippen LogP contribution >= 0.6 is 0 Å². The van der Waals surface area contributed by atoms with E-state index >= 15 is 0 Å². The zero-order valence-corrected chi connectivity index (χ0v) is 12.7. The van der Waals surface area contributed by atoms with E-state index in [1.807, 2.05) is 24.3 Å². The molecule has 0 aliphatic rings. The van der Waals surface area contributed by atoms with E-state index in [1.165, 1.54) is 6.92 Å². The average Bonchev–Trinajstić information content (AvgIpc) is 2.52. The summed E-state index contributed by atoms with van der Waals surface area (Å²) in [5.41, 5.74) is 0.801. The van der Waals surface area contributed by atoms with Crippen LogP contribution in [0.15, 0.2) is 36.4 Å². The molecule has 1 aromatic carbocycles. The Labute approximate surface area is 131 Å². The van der Waals surface area contributed by atoms with E-state index < -0.39 is 12.1 Å². The molecule has 0 aliphatic carbocycles. The van der Waals surface area contributed by atoms with Crippen LogP contribution in [0.5, 0.6) is 5.75 Å². The minimum atomic E-state index is -0.631. The number of terminal acetylenes is 1. The molecule has 4 heteroatoms. The quantitative estimate of drug-likeness (QED) is 0.349. The van der Waals surface area contributed by atoms with E-state index in [-0.39, 0.29) is 6.61 Å². The van der Waals surface area contributed by atoms with Gasteiger partial charge in [-0.25, -0.2) is 0 Å². The number of ether oxygens (including phenoxy) is 3. The minimum Gasteiger partial charge on any atom is -0.497 e. The van der Waals surface area contributed by atoms with E-state index in [0.29, 0.717) is 6.61 Å². The lowest BCUT2D eigenvalue weighted by atomic mass is 10.2.